The number of rotatable bonds is 6. The number of nitrogens with one attached hydrogen (secondary N) is 1. The number of sulfonamides is 1. The van der Waals surface area contributed by atoms with E-state index in [4.69, 9.17) is 9.47 Å². The second-order valence-corrected chi connectivity index (χ2v) is 14.5. The van der Waals surface area contributed by atoms with Crippen LogP contribution in [0.25, 0.3) is 10.8 Å². The van der Waals surface area contributed by atoms with E-state index in [1.165, 1.54) is 16.1 Å². The highest BCUT2D eigenvalue weighted by molar-refractivity contribution is 7.99. The number of amides is 2. The zero-order chi connectivity index (χ0) is 29.0. The van der Waals surface area contributed by atoms with Gasteiger partial charge in [0, 0.05) is 49.6 Å². The number of alkyl carbamates (subject to hydrolysis) is 1. The SMILES string of the molecule is C[C@@H]1CCN(C(=O)OC(C)(C)C)CCN1S(=O)(=O)c1ccc2c(SCCNC(=O)OC(C)(C)C)nccc2c1. The highest BCUT2D eigenvalue weighted by Gasteiger charge is 2.34. The van der Waals surface area contributed by atoms with Crippen molar-refractivity contribution in [2.45, 2.75) is 82.1 Å². The Balaban J connectivity index is 1.70. The molecule has 216 valence electrons. The van der Waals surface area contributed by atoms with E-state index in [1.807, 2.05) is 48.5 Å². The van der Waals surface area contributed by atoms with Gasteiger partial charge in [-0.25, -0.2) is 23.0 Å². The van der Waals surface area contributed by atoms with Crippen molar-refractivity contribution in [3.63, 3.8) is 0 Å². The monoisotopic (exact) mass is 580 g/mol. The molecule has 1 atom stereocenters. The van der Waals surface area contributed by atoms with Crippen molar-refractivity contribution in [2.75, 3.05) is 31.9 Å². The number of pyridine rings is 1. The molecule has 12 heteroatoms. The lowest BCUT2D eigenvalue weighted by molar-refractivity contribution is 0.0259. The summed E-state index contributed by atoms with van der Waals surface area (Å²) in [6.45, 7) is 14.0. The van der Waals surface area contributed by atoms with Crippen LogP contribution in [0, 0.1) is 0 Å². The van der Waals surface area contributed by atoms with Crippen molar-refractivity contribution >= 4 is 44.7 Å². The van der Waals surface area contributed by atoms with Crippen LogP contribution >= 0.6 is 11.8 Å². The Bertz CT molecular complexity index is 1290. The molecule has 0 saturated carbocycles. The Morgan fingerprint density at radius 1 is 1.05 bits per heavy atom. The quantitative estimate of drug-likeness (QED) is 0.380. The average Bonchev–Trinajstić information content (AvgIpc) is 3.01. The van der Waals surface area contributed by atoms with Crippen molar-refractivity contribution in [1.82, 2.24) is 19.5 Å². The second-order valence-electron chi connectivity index (χ2n) is 11.5. The number of carbonyl (C=O) groups excluding carboxylic acids is 2. The van der Waals surface area contributed by atoms with E-state index in [0.717, 1.165) is 15.8 Å². The van der Waals surface area contributed by atoms with Crippen LogP contribution in [0.5, 0.6) is 0 Å². The Kier molecular flexibility index (Phi) is 9.77. The third kappa shape index (κ3) is 8.71. The average molecular weight is 581 g/mol. The van der Waals surface area contributed by atoms with E-state index in [9.17, 15) is 18.0 Å². The predicted molar refractivity (Wildman–Crippen MR) is 152 cm³/mol. The van der Waals surface area contributed by atoms with Gasteiger partial charge in [0.1, 0.15) is 16.2 Å². The number of benzene rings is 1. The highest BCUT2D eigenvalue weighted by Crippen LogP contribution is 2.30. The number of ether oxygens (including phenoxy) is 2. The van der Waals surface area contributed by atoms with Crippen LogP contribution in [0.3, 0.4) is 0 Å². The summed E-state index contributed by atoms with van der Waals surface area (Å²) in [5.74, 6) is 0.574. The Morgan fingerprint density at radius 3 is 2.41 bits per heavy atom. The lowest BCUT2D eigenvalue weighted by Gasteiger charge is -2.27. The standard InChI is InChI=1S/C27H40N4O6S2/c1-19-11-14-30(25(33)37-27(5,6)7)15-16-31(19)39(34,35)21-8-9-22-20(18-21)10-12-28-23(22)38-17-13-29-24(32)36-26(2,3)4/h8-10,12,18-19H,11,13-17H2,1-7H3,(H,29,32)/t19-/m1/s1. The number of hydrogen-bond donors (Lipinski definition) is 1. The summed E-state index contributed by atoms with van der Waals surface area (Å²) in [6.07, 6.45) is 1.25. The molecular weight excluding hydrogens is 540 g/mol. The molecule has 10 nitrogen and oxygen atoms in total. The van der Waals surface area contributed by atoms with E-state index in [-0.39, 0.29) is 24.0 Å². The number of hydrogen-bond acceptors (Lipinski definition) is 8. The van der Waals surface area contributed by atoms with Gasteiger partial charge >= 0.3 is 12.2 Å². The molecule has 0 bridgehead atoms. The van der Waals surface area contributed by atoms with Crippen LogP contribution in [-0.2, 0) is 19.5 Å². The maximum Gasteiger partial charge on any atom is 0.410 e. The van der Waals surface area contributed by atoms with Crippen LogP contribution in [-0.4, -0.2) is 84.0 Å². The van der Waals surface area contributed by atoms with Gasteiger partial charge in [0.2, 0.25) is 10.0 Å². The summed E-state index contributed by atoms with van der Waals surface area (Å²) < 4.78 is 39.6. The topological polar surface area (TPSA) is 118 Å². The van der Waals surface area contributed by atoms with Crippen molar-refractivity contribution in [3.8, 4) is 0 Å². The van der Waals surface area contributed by atoms with E-state index < -0.39 is 33.4 Å². The first-order valence-electron chi connectivity index (χ1n) is 13.0. The van der Waals surface area contributed by atoms with Crippen molar-refractivity contribution in [3.05, 3.63) is 30.5 Å². The van der Waals surface area contributed by atoms with Gasteiger partial charge in [-0.05, 0) is 78.5 Å². The van der Waals surface area contributed by atoms with Gasteiger partial charge in [0.05, 0.1) is 4.90 Å². The molecule has 1 aromatic carbocycles. The first-order valence-corrected chi connectivity index (χ1v) is 15.5. The number of nitrogens with zero attached hydrogens (tertiary/aromatic N) is 3. The molecule has 1 fully saturated rings. The third-order valence-electron chi connectivity index (χ3n) is 5.87. The smallest absolute Gasteiger partial charge is 0.410 e. The normalized spacial score (nSPS) is 17.5. The minimum absolute atomic E-state index is 0.183. The van der Waals surface area contributed by atoms with Crippen LogP contribution in [0.15, 0.2) is 40.4 Å². The van der Waals surface area contributed by atoms with Crippen LogP contribution < -0.4 is 5.32 Å². The van der Waals surface area contributed by atoms with Crippen molar-refractivity contribution in [2.24, 2.45) is 0 Å². The third-order valence-corrected chi connectivity index (χ3v) is 8.88. The van der Waals surface area contributed by atoms with Gasteiger partial charge in [-0.1, -0.05) is 6.07 Å². The van der Waals surface area contributed by atoms with Gasteiger partial charge < -0.3 is 19.7 Å². The summed E-state index contributed by atoms with van der Waals surface area (Å²) >= 11 is 1.47. The largest absolute Gasteiger partial charge is 0.444 e. The molecule has 3 rings (SSSR count). The minimum atomic E-state index is -3.80. The van der Waals surface area contributed by atoms with Gasteiger partial charge in [0.25, 0.3) is 0 Å². The van der Waals surface area contributed by atoms with Gasteiger partial charge in [0.15, 0.2) is 0 Å². The van der Waals surface area contributed by atoms with E-state index >= 15 is 0 Å². The molecule has 0 radical (unpaired) electrons. The molecule has 0 aliphatic carbocycles. The molecule has 0 unspecified atom stereocenters. The predicted octanol–water partition coefficient (Wildman–Crippen LogP) is 4.87. The Hall–Kier alpha value is -2.57. The molecule has 2 aromatic rings. The van der Waals surface area contributed by atoms with Gasteiger partial charge in [-0.3, -0.25) is 0 Å². The summed E-state index contributed by atoms with van der Waals surface area (Å²) in [6, 6.07) is 6.55. The molecular formula is C27H40N4O6S2. The summed E-state index contributed by atoms with van der Waals surface area (Å²) in [5.41, 5.74) is -1.18. The van der Waals surface area contributed by atoms with E-state index in [1.54, 1.807) is 35.4 Å². The fourth-order valence-electron chi connectivity index (χ4n) is 4.06. The van der Waals surface area contributed by atoms with Crippen LogP contribution in [0.4, 0.5) is 9.59 Å². The molecule has 1 aromatic heterocycles. The first-order chi connectivity index (χ1) is 18.1. The van der Waals surface area contributed by atoms with E-state index in [2.05, 4.69) is 10.3 Å². The maximum atomic E-state index is 13.7. The molecule has 1 aliphatic heterocycles. The van der Waals surface area contributed by atoms with Crippen LogP contribution in [0.1, 0.15) is 54.9 Å². The molecule has 2 amide bonds. The minimum Gasteiger partial charge on any atom is -0.444 e. The maximum absolute atomic E-state index is 13.7. The van der Waals surface area contributed by atoms with Crippen molar-refractivity contribution in [1.29, 1.82) is 0 Å². The number of carbonyl (C=O) groups is 2. The fourth-order valence-corrected chi connectivity index (χ4v) is 6.62. The Morgan fingerprint density at radius 2 is 1.74 bits per heavy atom. The molecule has 1 aliphatic rings. The van der Waals surface area contributed by atoms with E-state index in [0.29, 0.717) is 25.3 Å². The second kappa shape index (κ2) is 12.3. The molecule has 1 N–H and O–H groups in total. The summed E-state index contributed by atoms with van der Waals surface area (Å²) in [4.78, 5) is 30.6. The lowest BCUT2D eigenvalue weighted by atomic mass is 10.2. The molecule has 1 saturated heterocycles. The zero-order valence-electron chi connectivity index (χ0n) is 23.8. The highest BCUT2D eigenvalue weighted by atomic mass is 32.2. The number of aromatic nitrogens is 1. The fraction of sp³-hybridized carbons (Fsp3) is 0.593. The number of fused-ring (bicyclic) bond motifs is 1. The van der Waals surface area contributed by atoms with Gasteiger partial charge in [-0.15, -0.1) is 11.8 Å². The molecule has 0 spiro atoms. The molecule has 2 heterocycles. The zero-order valence-corrected chi connectivity index (χ0v) is 25.4. The Labute approximate surface area is 235 Å². The summed E-state index contributed by atoms with van der Waals surface area (Å²) in [7, 11) is -3.80. The van der Waals surface area contributed by atoms with Gasteiger partial charge in [-0.2, -0.15) is 4.31 Å². The van der Waals surface area contributed by atoms with Crippen molar-refractivity contribution < 1.29 is 27.5 Å². The first kappa shape index (κ1) is 31.0. The number of thioether (sulfide) groups is 1. The molecule has 39 heavy (non-hydrogen) atoms. The van der Waals surface area contributed by atoms with Crippen LogP contribution in [0.2, 0.25) is 0 Å². The lowest BCUT2D eigenvalue weighted by Crippen LogP contribution is -2.41. The summed E-state index contributed by atoms with van der Waals surface area (Å²) in [5, 5.41) is 5.06.